The standard InChI is InChI=1S/C13H23NO4S/c1-2-7-19(17,18)8-6-14-9-10-4-3-5-11(10)12(14)13(15)16/h10-12H,2-9H2,1H3,(H,15,16). The van der Waals surface area contributed by atoms with Crippen LogP contribution in [0.2, 0.25) is 0 Å². The van der Waals surface area contributed by atoms with Crippen molar-refractivity contribution < 1.29 is 18.3 Å². The molecule has 2 fully saturated rings. The van der Waals surface area contributed by atoms with Crippen molar-refractivity contribution in [1.82, 2.24) is 4.90 Å². The average molecular weight is 289 g/mol. The van der Waals surface area contributed by atoms with Gasteiger partial charge in [-0.15, -0.1) is 0 Å². The Morgan fingerprint density at radius 1 is 1.32 bits per heavy atom. The molecule has 1 aliphatic carbocycles. The molecule has 1 N–H and O–H groups in total. The second-order valence-electron chi connectivity index (χ2n) is 5.78. The molecule has 0 bridgehead atoms. The monoisotopic (exact) mass is 289 g/mol. The van der Waals surface area contributed by atoms with Gasteiger partial charge in [0.25, 0.3) is 0 Å². The minimum absolute atomic E-state index is 0.0874. The molecule has 2 rings (SSSR count). The largest absolute Gasteiger partial charge is 0.480 e. The van der Waals surface area contributed by atoms with Crippen LogP contribution in [0.25, 0.3) is 0 Å². The van der Waals surface area contributed by atoms with Crippen LogP contribution < -0.4 is 0 Å². The molecule has 110 valence electrons. The summed E-state index contributed by atoms with van der Waals surface area (Å²) >= 11 is 0. The number of carbonyl (C=O) groups is 1. The summed E-state index contributed by atoms with van der Waals surface area (Å²) in [6.45, 7) is 2.97. The van der Waals surface area contributed by atoms with Crippen molar-refractivity contribution in [2.75, 3.05) is 24.6 Å². The number of carboxylic acids is 1. The lowest BCUT2D eigenvalue weighted by Gasteiger charge is -2.23. The van der Waals surface area contributed by atoms with E-state index in [-0.39, 0.29) is 17.4 Å². The van der Waals surface area contributed by atoms with Gasteiger partial charge in [-0.3, -0.25) is 9.69 Å². The van der Waals surface area contributed by atoms with Crippen molar-refractivity contribution in [3.05, 3.63) is 0 Å². The Morgan fingerprint density at radius 3 is 2.68 bits per heavy atom. The fraction of sp³-hybridized carbons (Fsp3) is 0.923. The fourth-order valence-corrected chi connectivity index (χ4v) is 4.97. The predicted molar refractivity (Wildman–Crippen MR) is 72.8 cm³/mol. The first-order chi connectivity index (χ1) is 8.94. The Kier molecular flexibility index (Phi) is 4.50. The molecule has 1 heterocycles. The van der Waals surface area contributed by atoms with Crippen molar-refractivity contribution >= 4 is 15.8 Å². The number of rotatable bonds is 6. The van der Waals surface area contributed by atoms with E-state index >= 15 is 0 Å². The molecule has 6 heteroatoms. The zero-order valence-corrected chi connectivity index (χ0v) is 12.2. The molecule has 19 heavy (non-hydrogen) atoms. The minimum atomic E-state index is -3.03. The van der Waals surface area contributed by atoms with Gasteiger partial charge in [0.15, 0.2) is 9.84 Å². The quantitative estimate of drug-likeness (QED) is 0.789. The number of sulfone groups is 1. The van der Waals surface area contributed by atoms with Gasteiger partial charge in [-0.2, -0.15) is 0 Å². The van der Waals surface area contributed by atoms with Crippen molar-refractivity contribution in [1.29, 1.82) is 0 Å². The Labute approximate surface area is 114 Å². The average Bonchev–Trinajstić information content (AvgIpc) is 2.84. The van der Waals surface area contributed by atoms with Gasteiger partial charge in [0, 0.05) is 18.8 Å². The van der Waals surface area contributed by atoms with E-state index in [1.54, 1.807) is 0 Å². The van der Waals surface area contributed by atoms with E-state index in [2.05, 4.69) is 0 Å². The van der Waals surface area contributed by atoms with E-state index in [0.717, 1.165) is 25.8 Å². The molecule has 0 aromatic carbocycles. The summed E-state index contributed by atoms with van der Waals surface area (Å²) in [5.74, 6) is 0.179. The van der Waals surface area contributed by atoms with Crippen LogP contribution in [-0.4, -0.2) is 55.0 Å². The topological polar surface area (TPSA) is 74.7 Å². The molecule has 2 aliphatic rings. The molecular weight excluding hydrogens is 266 g/mol. The van der Waals surface area contributed by atoms with E-state index in [4.69, 9.17) is 0 Å². The number of hydrogen-bond donors (Lipinski definition) is 1. The highest BCUT2D eigenvalue weighted by Gasteiger charge is 2.47. The summed E-state index contributed by atoms with van der Waals surface area (Å²) in [5, 5.41) is 9.37. The summed E-state index contributed by atoms with van der Waals surface area (Å²) in [5.41, 5.74) is 0. The zero-order chi connectivity index (χ0) is 14.0. The van der Waals surface area contributed by atoms with Gasteiger partial charge in [0.1, 0.15) is 6.04 Å². The van der Waals surface area contributed by atoms with Crippen LogP contribution in [0.5, 0.6) is 0 Å². The number of likely N-dealkylation sites (tertiary alicyclic amines) is 1. The molecule has 0 spiro atoms. The van der Waals surface area contributed by atoms with Crippen LogP contribution in [-0.2, 0) is 14.6 Å². The third-order valence-corrected chi connectivity index (χ3v) is 6.28. The summed E-state index contributed by atoms with van der Waals surface area (Å²) in [7, 11) is -3.03. The second-order valence-corrected chi connectivity index (χ2v) is 8.09. The van der Waals surface area contributed by atoms with E-state index in [0.29, 0.717) is 18.9 Å². The molecule has 3 atom stereocenters. The molecule has 5 nitrogen and oxygen atoms in total. The highest BCUT2D eigenvalue weighted by Crippen LogP contribution is 2.42. The van der Waals surface area contributed by atoms with Gasteiger partial charge in [-0.1, -0.05) is 13.3 Å². The lowest BCUT2D eigenvalue weighted by atomic mass is 9.94. The third-order valence-electron chi connectivity index (χ3n) is 4.44. The predicted octanol–water partition coefficient (Wildman–Crippen LogP) is 0.996. The second kappa shape index (κ2) is 5.79. The smallest absolute Gasteiger partial charge is 0.321 e. The molecule has 0 aromatic heterocycles. The van der Waals surface area contributed by atoms with Crippen LogP contribution in [0.3, 0.4) is 0 Å². The highest BCUT2D eigenvalue weighted by atomic mass is 32.2. The first-order valence-electron chi connectivity index (χ1n) is 7.12. The third kappa shape index (κ3) is 3.28. The van der Waals surface area contributed by atoms with Gasteiger partial charge in [0.2, 0.25) is 0 Å². The molecule has 0 aromatic rings. The Bertz CT molecular complexity index is 434. The first-order valence-corrected chi connectivity index (χ1v) is 8.94. The number of hydrogen-bond acceptors (Lipinski definition) is 4. The van der Waals surface area contributed by atoms with E-state index < -0.39 is 21.8 Å². The molecule has 1 saturated heterocycles. The number of carboxylic acid groups (broad SMARTS) is 1. The number of fused-ring (bicyclic) bond motifs is 1. The van der Waals surface area contributed by atoms with E-state index in [1.165, 1.54) is 0 Å². The van der Waals surface area contributed by atoms with Crippen molar-refractivity contribution in [3.8, 4) is 0 Å². The normalized spacial score (nSPS) is 31.5. The lowest BCUT2D eigenvalue weighted by molar-refractivity contribution is -0.143. The molecule has 0 amide bonds. The van der Waals surface area contributed by atoms with Gasteiger partial charge in [0.05, 0.1) is 5.75 Å². The van der Waals surface area contributed by atoms with E-state index in [9.17, 15) is 18.3 Å². The first kappa shape index (κ1) is 14.8. The van der Waals surface area contributed by atoms with Gasteiger partial charge < -0.3 is 5.11 Å². The Morgan fingerprint density at radius 2 is 2.05 bits per heavy atom. The maximum atomic E-state index is 11.7. The maximum absolute atomic E-state index is 11.7. The fourth-order valence-electron chi connectivity index (χ4n) is 3.63. The number of aliphatic carboxylic acids is 1. The zero-order valence-electron chi connectivity index (χ0n) is 11.4. The van der Waals surface area contributed by atoms with Gasteiger partial charge in [-0.25, -0.2) is 8.42 Å². The van der Waals surface area contributed by atoms with Crippen LogP contribution in [0.1, 0.15) is 32.6 Å². The van der Waals surface area contributed by atoms with Crippen LogP contribution in [0.15, 0.2) is 0 Å². The molecule has 0 radical (unpaired) electrons. The van der Waals surface area contributed by atoms with Crippen LogP contribution in [0.4, 0.5) is 0 Å². The van der Waals surface area contributed by atoms with Crippen LogP contribution in [0, 0.1) is 11.8 Å². The number of nitrogens with zero attached hydrogens (tertiary/aromatic N) is 1. The summed E-state index contributed by atoms with van der Waals surface area (Å²) in [4.78, 5) is 13.3. The Balaban J connectivity index is 1.98. The molecule has 1 aliphatic heterocycles. The Hall–Kier alpha value is -0.620. The molecule has 3 unspecified atom stereocenters. The van der Waals surface area contributed by atoms with Crippen molar-refractivity contribution in [2.24, 2.45) is 11.8 Å². The minimum Gasteiger partial charge on any atom is -0.480 e. The highest BCUT2D eigenvalue weighted by molar-refractivity contribution is 7.91. The summed E-state index contributed by atoms with van der Waals surface area (Å²) in [6.07, 6.45) is 3.80. The molecule has 1 saturated carbocycles. The van der Waals surface area contributed by atoms with Crippen LogP contribution >= 0.6 is 0 Å². The van der Waals surface area contributed by atoms with Crippen molar-refractivity contribution in [3.63, 3.8) is 0 Å². The van der Waals surface area contributed by atoms with Gasteiger partial charge >= 0.3 is 5.97 Å². The maximum Gasteiger partial charge on any atom is 0.321 e. The SMILES string of the molecule is CCCS(=O)(=O)CCN1CC2CCCC2C1C(=O)O. The summed E-state index contributed by atoms with van der Waals surface area (Å²) < 4.78 is 23.5. The summed E-state index contributed by atoms with van der Waals surface area (Å²) in [6, 6.07) is -0.468. The van der Waals surface area contributed by atoms with E-state index in [1.807, 2.05) is 11.8 Å². The van der Waals surface area contributed by atoms with Crippen molar-refractivity contribution in [2.45, 2.75) is 38.6 Å². The van der Waals surface area contributed by atoms with Gasteiger partial charge in [-0.05, 0) is 31.1 Å². The lowest BCUT2D eigenvalue weighted by Crippen LogP contribution is -2.42. The molecular formula is C13H23NO4S.